The number of thiocarbonyl (C=S) groups is 1. The van der Waals surface area contributed by atoms with E-state index in [1.54, 1.807) is 36.4 Å². The zero-order valence-corrected chi connectivity index (χ0v) is 17.7. The lowest BCUT2D eigenvalue weighted by Crippen LogP contribution is -2.34. The molecular formula is C19H20BrClN2O2S. The lowest BCUT2D eigenvalue weighted by molar-refractivity contribution is 0.0973. The van der Waals surface area contributed by atoms with Crippen molar-refractivity contribution in [2.75, 3.05) is 11.9 Å². The number of ether oxygens (including phenoxy) is 1. The van der Waals surface area contributed by atoms with Crippen LogP contribution in [0, 0.1) is 5.92 Å². The van der Waals surface area contributed by atoms with Gasteiger partial charge in [0.15, 0.2) is 5.11 Å². The first-order valence-corrected chi connectivity index (χ1v) is 9.73. The monoisotopic (exact) mass is 454 g/mol. The second-order valence-electron chi connectivity index (χ2n) is 6.09. The summed E-state index contributed by atoms with van der Waals surface area (Å²) >= 11 is 14.5. The van der Waals surface area contributed by atoms with Crippen LogP contribution in [0.4, 0.5) is 5.69 Å². The number of amides is 1. The van der Waals surface area contributed by atoms with Gasteiger partial charge in [0.2, 0.25) is 0 Å². The first-order valence-electron chi connectivity index (χ1n) is 8.15. The standard InChI is InChI=1S/C19H20BrClN2O2S/c1-12(2)9-10-25-17-8-3-13(20)11-16(17)18(24)23-19(26)22-15-6-4-14(21)5-7-15/h3-8,11-12H,9-10H2,1-2H3,(H2,22,23,24,26). The maximum Gasteiger partial charge on any atom is 0.261 e. The van der Waals surface area contributed by atoms with E-state index in [-0.39, 0.29) is 11.0 Å². The van der Waals surface area contributed by atoms with Crippen LogP contribution in [-0.4, -0.2) is 17.6 Å². The molecule has 0 aliphatic rings. The van der Waals surface area contributed by atoms with Crippen molar-refractivity contribution >= 4 is 56.5 Å². The fourth-order valence-electron chi connectivity index (χ4n) is 2.08. The smallest absolute Gasteiger partial charge is 0.261 e. The van der Waals surface area contributed by atoms with E-state index in [0.717, 1.165) is 16.6 Å². The topological polar surface area (TPSA) is 50.4 Å². The van der Waals surface area contributed by atoms with Crippen molar-refractivity contribution in [2.24, 2.45) is 5.92 Å². The van der Waals surface area contributed by atoms with Crippen molar-refractivity contribution in [2.45, 2.75) is 20.3 Å². The van der Waals surface area contributed by atoms with Crippen LogP contribution in [0.3, 0.4) is 0 Å². The van der Waals surface area contributed by atoms with Crippen molar-refractivity contribution in [1.29, 1.82) is 0 Å². The summed E-state index contributed by atoms with van der Waals surface area (Å²) in [5.41, 5.74) is 1.16. The van der Waals surface area contributed by atoms with E-state index >= 15 is 0 Å². The van der Waals surface area contributed by atoms with Gasteiger partial charge in [-0.25, -0.2) is 0 Å². The Morgan fingerprint density at radius 3 is 2.58 bits per heavy atom. The number of benzene rings is 2. The van der Waals surface area contributed by atoms with Gasteiger partial charge in [-0.3, -0.25) is 10.1 Å². The minimum atomic E-state index is -0.336. The lowest BCUT2D eigenvalue weighted by Gasteiger charge is -2.14. The molecule has 0 unspecified atom stereocenters. The molecule has 0 bridgehead atoms. The quantitative estimate of drug-likeness (QED) is 0.552. The fraction of sp³-hybridized carbons (Fsp3) is 0.263. The molecule has 7 heteroatoms. The van der Waals surface area contributed by atoms with Crippen molar-refractivity contribution in [3.8, 4) is 5.75 Å². The number of hydrogen-bond acceptors (Lipinski definition) is 3. The van der Waals surface area contributed by atoms with Gasteiger partial charge in [-0.05, 0) is 67.0 Å². The zero-order valence-electron chi connectivity index (χ0n) is 14.5. The minimum Gasteiger partial charge on any atom is -0.493 e. The Morgan fingerprint density at radius 1 is 1.23 bits per heavy atom. The number of halogens is 2. The zero-order chi connectivity index (χ0) is 19.1. The summed E-state index contributed by atoms with van der Waals surface area (Å²) in [5, 5.41) is 6.45. The normalized spacial score (nSPS) is 10.5. The van der Waals surface area contributed by atoms with Gasteiger partial charge < -0.3 is 10.1 Å². The Morgan fingerprint density at radius 2 is 1.92 bits per heavy atom. The first kappa shape index (κ1) is 20.7. The lowest BCUT2D eigenvalue weighted by atomic mass is 10.1. The van der Waals surface area contributed by atoms with E-state index in [1.807, 2.05) is 6.07 Å². The Balaban J connectivity index is 2.04. The number of rotatable bonds is 6. The molecule has 2 aromatic rings. The molecule has 0 radical (unpaired) electrons. The van der Waals surface area contributed by atoms with Crippen LogP contribution >= 0.6 is 39.7 Å². The summed E-state index contributed by atoms with van der Waals surface area (Å²) in [5.74, 6) is 0.719. The summed E-state index contributed by atoms with van der Waals surface area (Å²) in [4.78, 5) is 12.6. The van der Waals surface area contributed by atoms with Crippen LogP contribution in [0.2, 0.25) is 5.02 Å². The van der Waals surface area contributed by atoms with Crippen molar-refractivity contribution in [3.63, 3.8) is 0 Å². The molecule has 0 aliphatic carbocycles. The Bertz CT molecular complexity index is 782. The molecular weight excluding hydrogens is 436 g/mol. The number of hydrogen-bond donors (Lipinski definition) is 2. The van der Waals surface area contributed by atoms with Crippen LogP contribution in [0.15, 0.2) is 46.9 Å². The van der Waals surface area contributed by atoms with Crippen LogP contribution in [0.5, 0.6) is 5.75 Å². The third-order valence-electron chi connectivity index (χ3n) is 3.47. The molecule has 0 heterocycles. The Kier molecular flexibility index (Phi) is 7.87. The second-order valence-corrected chi connectivity index (χ2v) is 7.85. The molecule has 2 aromatic carbocycles. The number of carbonyl (C=O) groups excluding carboxylic acids is 1. The molecule has 2 rings (SSSR count). The molecule has 1 amide bonds. The largest absolute Gasteiger partial charge is 0.493 e. The molecule has 0 aliphatic heterocycles. The van der Waals surface area contributed by atoms with E-state index < -0.39 is 0 Å². The van der Waals surface area contributed by atoms with Crippen molar-refractivity contribution < 1.29 is 9.53 Å². The molecule has 4 nitrogen and oxygen atoms in total. The van der Waals surface area contributed by atoms with Crippen LogP contribution < -0.4 is 15.4 Å². The molecule has 0 fully saturated rings. The maximum absolute atomic E-state index is 12.6. The van der Waals surface area contributed by atoms with Gasteiger partial charge in [0.05, 0.1) is 12.2 Å². The van der Waals surface area contributed by atoms with Gasteiger partial charge in [-0.1, -0.05) is 41.4 Å². The van der Waals surface area contributed by atoms with Crippen LogP contribution in [0.25, 0.3) is 0 Å². The minimum absolute atomic E-state index is 0.199. The number of carbonyl (C=O) groups is 1. The molecule has 0 atom stereocenters. The van der Waals surface area contributed by atoms with Crippen LogP contribution in [-0.2, 0) is 0 Å². The van der Waals surface area contributed by atoms with Gasteiger partial charge in [0.25, 0.3) is 5.91 Å². The summed E-state index contributed by atoms with van der Waals surface area (Å²) in [6.45, 7) is 4.80. The van der Waals surface area contributed by atoms with Gasteiger partial charge in [0, 0.05) is 15.2 Å². The summed E-state index contributed by atoms with van der Waals surface area (Å²) in [6, 6.07) is 12.4. The molecule has 138 valence electrons. The van der Waals surface area contributed by atoms with Crippen LogP contribution in [0.1, 0.15) is 30.6 Å². The predicted molar refractivity (Wildman–Crippen MR) is 114 cm³/mol. The first-order chi connectivity index (χ1) is 12.3. The highest BCUT2D eigenvalue weighted by molar-refractivity contribution is 9.10. The Hall–Kier alpha value is -1.63. The van der Waals surface area contributed by atoms with E-state index in [9.17, 15) is 4.79 Å². The van der Waals surface area contributed by atoms with Gasteiger partial charge in [0.1, 0.15) is 5.75 Å². The summed E-state index contributed by atoms with van der Waals surface area (Å²) in [6.07, 6.45) is 0.910. The predicted octanol–water partition coefficient (Wildman–Crippen LogP) is 5.65. The van der Waals surface area contributed by atoms with E-state index in [1.165, 1.54) is 0 Å². The highest BCUT2D eigenvalue weighted by Gasteiger charge is 2.15. The van der Waals surface area contributed by atoms with E-state index in [4.69, 9.17) is 28.6 Å². The molecule has 26 heavy (non-hydrogen) atoms. The third kappa shape index (κ3) is 6.59. The highest BCUT2D eigenvalue weighted by atomic mass is 79.9. The fourth-order valence-corrected chi connectivity index (χ4v) is 2.77. The molecule has 2 N–H and O–H groups in total. The number of nitrogens with one attached hydrogen (secondary N) is 2. The molecule has 0 spiro atoms. The second kappa shape index (κ2) is 9.90. The third-order valence-corrected chi connectivity index (χ3v) is 4.42. The van der Waals surface area contributed by atoms with Gasteiger partial charge in [-0.2, -0.15) is 0 Å². The molecule has 0 saturated carbocycles. The van der Waals surface area contributed by atoms with Gasteiger partial charge >= 0.3 is 0 Å². The Labute approximate surface area is 172 Å². The van der Waals surface area contributed by atoms with E-state index in [2.05, 4.69) is 40.4 Å². The van der Waals surface area contributed by atoms with Gasteiger partial charge in [-0.15, -0.1) is 0 Å². The molecule has 0 aromatic heterocycles. The SMILES string of the molecule is CC(C)CCOc1ccc(Br)cc1C(=O)NC(=S)Nc1ccc(Cl)cc1. The van der Waals surface area contributed by atoms with E-state index in [0.29, 0.717) is 28.9 Å². The van der Waals surface area contributed by atoms with Crippen molar-refractivity contribution in [1.82, 2.24) is 5.32 Å². The number of anilines is 1. The highest BCUT2D eigenvalue weighted by Crippen LogP contribution is 2.24. The average molecular weight is 456 g/mol. The summed E-state index contributed by atoms with van der Waals surface area (Å²) in [7, 11) is 0. The maximum atomic E-state index is 12.6. The van der Waals surface area contributed by atoms with Crippen molar-refractivity contribution in [3.05, 3.63) is 57.5 Å². The molecule has 0 saturated heterocycles. The average Bonchev–Trinajstić information content (AvgIpc) is 2.57. The summed E-state index contributed by atoms with van der Waals surface area (Å²) < 4.78 is 6.56.